The molecule has 2 fully saturated rings. The highest BCUT2D eigenvalue weighted by atomic mass is 15.2. The van der Waals surface area contributed by atoms with Crippen LogP contribution in [0.3, 0.4) is 0 Å². The Bertz CT molecular complexity index is 215. The molecule has 1 aliphatic heterocycles. The van der Waals surface area contributed by atoms with Gasteiger partial charge in [-0.25, -0.2) is 0 Å². The van der Waals surface area contributed by atoms with E-state index in [-0.39, 0.29) is 0 Å². The van der Waals surface area contributed by atoms with E-state index in [9.17, 15) is 0 Å². The Morgan fingerprint density at radius 2 is 2.12 bits per heavy atom. The third kappa shape index (κ3) is 2.78. The minimum absolute atomic E-state index is 0.633. The van der Waals surface area contributed by atoms with E-state index < -0.39 is 0 Å². The van der Waals surface area contributed by atoms with E-state index in [1.807, 2.05) is 0 Å². The zero-order chi connectivity index (χ0) is 11.6. The number of nitrogens with one attached hydrogen (secondary N) is 1. The molecule has 0 aromatic rings. The highest BCUT2D eigenvalue weighted by Gasteiger charge is 2.38. The van der Waals surface area contributed by atoms with Gasteiger partial charge in [0.1, 0.15) is 0 Å². The first-order valence-electron chi connectivity index (χ1n) is 7.12. The lowest BCUT2D eigenvalue weighted by atomic mass is 9.67. The van der Waals surface area contributed by atoms with Gasteiger partial charge in [0.25, 0.3) is 0 Å². The summed E-state index contributed by atoms with van der Waals surface area (Å²) in [5.41, 5.74) is 0.701. The van der Waals surface area contributed by atoms with E-state index in [4.69, 9.17) is 0 Å². The smallest absolute Gasteiger partial charge is 0.0209 e. The SMILES string of the molecule is CCC1(CN2CCC(NC(C)C)C2)CCC1. The Balaban J connectivity index is 1.76. The van der Waals surface area contributed by atoms with Crippen LogP contribution in [0.15, 0.2) is 0 Å². The molecule has 1 heterocycles. The van der Waals surface area contributed by atoms with Crippen LogP contribution in [-0.4, -0.2) is 36.6 Å². The van der Waals surface area contributed by atoms with Crippen LogP contribution in [0.1, 0.15) is 52.9 Å². The quantitative estimate of drug-likeness (QED) is 0.772. The van der Waals surface area contributed by atoms with E-state index in [0.29, 0.717) is 11.5 Å². The summed E-state index contributed by atoms with van der Waals surface area (Å²) in [6.45, 7) is 10.8. The molecule has 0 radical (unpaired) electrons. The zero-order valence-corrected chi connectivity index (χ0v) is 11.3. The minimum atomic E-state index is 0.633. The number of likely N-dealkylation sites (tertiary alicyclic amines) is 1. The largest absolute Gasteiger partial charge is 0.310 e. The van der Waals surface area contributed by atoms with Gasteiger partial charge in [-0.2, -0.15) is 0 Å². The maximum Gasteiger partial charge on any atom is 0.0209 e. The van der Waals surface area contributed by atoms with Crippen LogP contribution in [0, 0.1) is 5.41 Å². The van der Waals surface area contributed by atoms with Crippen LogP contribution in [-0.2, 0) is 0 Å². The summed E-state index contributed by atoms with van der Waals surface area (Å²) in [6, 6.07) is 1.38. The molecule has 0 amide bonds. The van der Waals surface area contributed by atoms with Gasteiger partial charge >= 0.3 is 0 Å². The maximum absolute atomic E-state index is 3.67. The van der Waals surface area contributed by atoms with E-state index in [1.54, 1.807) is 0 Å². The van der Waals surface area contributed by atoms with Crippen molar-refractivity contribution >= 4 is 0 Å². The number of hydrogen-bond donors (Lipinski definition) is 1. The third-order valence-corrected chi connectivity index (χ3v) is 4.56. The molecule has 0 aromatic heterocycles. The molecule has 1 saturated carbocycles. The standard InChI is InChI=1S/C14H28N2/c1-4-14(7-5-8-14)11-16-9-6-13(10-16)15-12(2)3/h12-13,15H,4-11H2,1-3H3. The summed E-state index contributed by atoms with van der Waals surface area (Å²) in [4.78, 5) is 2.70. The van der Waals surface area contributed by atoms with E-state index in [2.05, 4.69) is 31.0 Å². The molecule has 2 aliphatic rings. The minimum Gasteiger partial charge on any atom is -0.310 e. The van der Waals surface area contributed by atoms with Crippen molar-refractivity contribution in [3.63, 3.8) is 0 Å². The third-order valence-electron chi connectivity index (χ3n) is 4.56. The molecule has 2 heteroatoms. The maximum atomic E-state index is 3.67. The second-order valence-corrected chi connectivity index (χ2v) is 6.25. The Labute approximate surface area is 101 Å². The molecule has 94 valence electrons. The molecule has 2 nitrogen and oxygen atoms in total. The van der Waals surface area contributed by atoms with Crippen molar-refractivity contribution < 1.29 is 0 Å². The predicted octanol–water partition coefficient (Wildman–Crippen LogP) is 2.64. The first-order valence-corrected chi connectivity index (χ1v) is 7.12. The van der Waals surface area contributed by atoms with Gasteiger partial charge in [0.2, 0.25) is 0 Å². The Morgan fingerprint density at radius 1 is 1.38 bits per heavy atom. The molecule has 1 aliphatic carbocycles. The van der Waals surface area contributed by atoms with Gasteiger partial charge in [0, 0.05) is 25.2 Å². The lowest BCUT2D eigenvalue weighted by Gasteiger charge is -2.44. The Kier molecular flexibility index (Phi) is 3.91. The van der Waals surface area contributed by atoms with Gasteiger partial charge in [0.15, 0.2) is 0 Å². The van der Waals surface area contributed by atoms with E-state index >= 15 is 0 Å². The predicted molar refractivity (Wildman–Crippen MR) is 69.7 cm³/mol. The summed E-state index contributed by atoms with van der Waals surface area (Å²) in [5.74, 6) is 0. The van der Waals surface area contributed by atoms with Gasteiger partial charge in [-0.15, -0.1) is 0 Å². The average molecular weight is 224 g/mol. The summed E-state index contributed by atoms with van der Waals surface area (Å²) in [5, 5.41) is 3.67. The average Bonchev–Trinajstić information content (AvgIpc) is 2.58. The lowest BCUT2D eigenvalue weighted by Crippen LogP contribution is -2.43. The number of nitrogens with zero attached hydrogens (tertiary/aromatic N) is 1. The molecular formula is C14H28N2. The van der Waals surface area contributed by atoms with Crippen molar-refractivity contribution in [1.82, 2.24) is 10.2 Å². The highest BCUT2D eigenvalue weighted by molar-refractivity contribution is 4.92. The van der Waals surface area contributed by atoms with Crippen LogP contribution in [0.2, 0.25) is 0 Å². The van der Waals surface area contributed by atoms with Crippen LogP contribution in [0.4, 0.5) is 0 Å². The van der Waals surface area contributed by atoms with Crippen molar-refractivity contribution in [1.29, 1.82) is 0 Å². The van der Waals surface area contributed by atoms with Crippen LogP contribution < -0.4 is 5.32 Å². The molecule has 1 saturated heterocycles. The molecule has 1 atom stereocenters. The molecule has 0 bridgehead atoms. The second-order valence-electron chi connectivity index (χ2n) is 6.25. The summed E-state index contributed by atoms with van der Waals surface area (Å²) in [6.07, 6.45) is 7.14. The highest BCUT2D eigenvalue weighted by Crippen LogP contribution is 2.44. The van der Waals surface area contributed by atoms with Gasteiger partial charge in [-0.05, 0) is 37.6 Å². The fourth-order valence-electron chi connectivity index (χ4n) is 3.36. The molecule has 1 unspecified atom stereocenters. The van der Waals surface area contributed by atoms with Crippen molar-refractivity contribution in [2.24, 2.45) is 5.41 Å². The summed E-state index contributed by atoms with van der Waals surface area (Å²) in [7, 11) is 0. The van der Waals surface area contributed by atoms with E-state index in [1.165, 1.54) is 51.7 Å². The lowest BCUT2D eigenvalue weighted by molar-refractivity contribution is 0.0721. The number of rotatable bonds is 5. The number of hydrogen-bond acceptors (Lipinski definition) is 2. The van der Waals surface area contributed by atoms with Gasteiger partial charge in [-0.1, -0.05) is 27.2 Å². The molecule has 1 N–H and O–H groups in total. The fraction of sp³-hybridized carbons (Fsp3) is 1.00. The molecular weight excluding hydrogens is 196 g/mol. The molecule has 0 spiro atoms. The monoisotopic (exact) mass is 224 g/mol. The first kappa shape index (κ1) is 12.4. The molecule has 16 heavy (non-hydrogen) atoms. The van der Waals surface area contributed by atoms with Crippen molar-refractivity contribution in [2.75, 3.05) is 19.6 Å². The van der Waals surface area contributed by atoms with Crippen LogP contribution in [0.25, 0.3) is 0 Å². The Hall–Kier alpha value is -0.0800. The second kappa shape index (κ2) is 5.05. The zero-order valence-electron chi connectivity index (χ0n) is 11.3. The van der Waals surface area contributed by atoms with Crippen LogP contribution >= 0.6 is 0 Å². The molecule has 2 rings (SSSR count). The fourth-order valence-corrected chi connectivity index (χ4v) is 3.36. The summed E-state index contributed by atoms with van der Waals surface area (Å²) < 4.78 is 0. The Morgan fingerprint density at radius 3 is 2.62 bits per heavy atom. The normalized spacial score (nSPS) is 29.6. The first-order chi connectivity index (χ1) is 7.63. The molecule has 0 aromatic carbocycles. The van der Waals surface area contributed by atoms with Gasteiger partial charge < -0.3 is 10.2 Å². The van der Waals surface area contributed by atoms with Gasteiger partial charge in [-0.3, -0.25) is 0 Å². The summed E-state index contributed by atoms with van der Waals surface area (Å²) >= 11 is 0. The van der Waals surface area contributed by atoms with Crippen LogP contribution in [0.5, 0.6) is 0 Å². The van der Waals surface area contributed by atoms with Gasteiger partial charge in [0.05, 0.1) is 0 Å². The van der Waals surface area contributed by atoms with Crippen molar-refractivity contribution in [3.05, 3.63) is 0 Å². The topological polar surface area (TPSA) is 15.3 Å². The van der Waals surface area contributed by atoms with Crippen molar-refractivity contribution in [3.8, 4) is 0 Å². The van der Waals surface area contributed by atoms with E-state index in [0.717, 1.165) is 6.04 Å². The van der Waals surface area contributed by atoms with Crippen molar-refractivity contribution in [2.45, 2.75) is 65.0 Å².